The molecule has 3 saturated carbocycles. The maximum Gasteiger partial charge on any atom is 0.214 e. The average molecular weight is 1050 g/mol. The third kappa shape index (κ3) is 10.7. The molecule has 0 spiro atoms. The summed E-state index contributed by atoms with van der Waals surface area (Å²) in [5.41, 5.74) is -7.12. The van der Waals surface area contributed by atoms with Crippen LogP contribution in [0.3, 0.4) is 0 Å². The molecule has 6 aliphatic rings. The minimum atomic E-state index is -2.22. The van der Waals surface area contributed by atoms with Crippen LogP contribution in [0.4, 0.5) is 0 Å². The van der Waals surface area contributed by atoms with Crippen LogP contribution in [-0.2, 0) is 37.9 Å². The summed E-state index contributed by atoms with van der Waals surface area (Å²) in [6, 6.07) is 15.7. The van der Waals surface area contributed by atoms with E-state index in [4.69, 9.17) is 37.9 Å². The summed E-state index contributed by atoms with van der Waals surface area (Å²) < 4.78 is 50.4. The van der Waals surface area contributed by atoms with Crippen molar-refractivity contribution in [2.24, 2.45) is 28.6 Å². The predicted octanol–water partition coefficient (Wildman–Crippen LogP) is 0.889. The molecule has 0 radical (unpaired) electrons. The van der Waals surface area contributed by atoms with Gasteiger partial charge in [0, 0.05) is 54.3 Å². The third-order valence-electron chi connectivity index (χ3n) is 16.8. The largest absolute Gasteiger partial charge is 0.392 e. The van der Waals surface area contributed by atoms with E-state index in [1.807, 2.05) is 0 Å². The molecule has 8 rings (SSSR count). The highest BCUT2D eigenvalue weighted by Crippen LogP contribution is 2.66. The van der Waals surface area contributed by atoms with Crippen LogP contribution in [-0.4, -0.2) is 190 Å². The average Bonchev–Trinajstić information content (AvgIpc) is 3.52. The summed E-state index contributed by atoms with van der Waals surface area (Å²) >= 11 is 0.983. The van der Waals surface area contributed by atoms with Gasteiger partial charge in [-0.15, -0.1) is 11.8 Å². The Morgan fingerprint density at radius 1 is 0.808 bits per heavy atom. The van der Waals surface area contributed by atoms with Crippen LogP contribution >= 0.6 is 11.8 Å². The SMILES string of the molecule is CC1[C@@H](O[C@H](O)[C@H](O[C@@H](O)[C@H]2SC(C(O)O)[C@H]3OCCCOC32)[C@@H](N[C@H](O)OC(C)(C)C)c2ccccc2)C[C@@]2(O)[C@@H](O[C@@H](O)c3ccccc3)[C@@H]3[C@]4(O[C@@H](C)O)CO[C@@H]4C[C@H](O)[C@@]3(C)[C@H](O)[C@H](O)[C@H]1C2(C)C. The van der Waals surface area contributed by atoms with Crippen LogP contribution in [0.2, 0.25) is 0 Å². The van der Waals surface area contributed by atoms with E-state index in [0.29, 0.717) is 17.5 Å². The van der Waals surface area contributed by atoms with Crippen LogP contribution < -0.4 is 5.32 Å². The number of rotatable bonds is 17. The van der Waals surface area contributed by atoms with Crippen molar-refractivity contribution >= 4 is 11.8 Å². The molecule has 0 amide bonds. The lowest BCUT2D eigenvalue weighted by molar-refractivity contribution is -0.417. The Balaban J connectivity index is 1.23. The van der Waals surface area contributed by atoms with E-state index in [1.165, 1.54) is 6.92 Å². The van der Waals surface area contributed by atoms with Crippen molar-refractivity contribution in [2.45, 2.75) is 201 Å². The van der Waals surface area contributed by atoms with Gasteiger partial charge in [-0.25, -0.2) is 0 Å². The monoisotopic (exact) mass is 1050 g/mol. The van der Waals surface area contributed by atoms with Crippen molar-refractivity contribution in [1.82, 2.24) is 5.32 Å². The Labute approximate surface area is 430 Å². The molecule has 23 atom stereocenters. The van der Waals surface area contributed by atoms with Crippen molar-refractivity contribution in [3.8, 4) is 0 Å². The van der Waals surface area contributed by atoms with E-state index in [9.17, 15) is 56.2 Å². The molecule has 2 aromatic rings. The molecule has 3 aliphatic carbocycles. The zero-order valence-corrected chi connectivity index (χ0v) is 43.6. The van der Waals surface area contributed by atoms with Gasteiger partial charge in [-0.05, 0) is 45.6 Å². The van der Waals surface area contributed by atoms with E-state index in [1.54, 1.807) is 109 Å². The highest BCUT2D eigenvalue weighted by atomic mass is 32.2. The number of ether oxygens (including phenoxy) is 8. The number of aliphatic hydroxyl groups is 11. The molecule has 20 nitrogen and oxygen atoms in total. The number of benzene rings is 2. The van der Waals surface area contributed by atoms with Crippen molar-refractivity contribution < 1.29 is 94.1 Å². The van der Waals surface area contributed by atoms with Crippen molar-refractivity contribution in [2.75, 3.05) is 19.8 Å². The Hall–Kier alpha value is -2.01. The first kappa shape index (κ1) is 57.2. The zero-order chi connectivity index (χ0) is 53.2. The van der Waals surface area contributed by atoms with Gasteiger partial charge < -0.3 is 94.1 Å². The topological polar surface area (TPSA) is 308 Å². The summed E-state index contributed by atoms with van der Waals surface area (Å²) in [4.78, 5) is 0. The van der Waals surface area contributed by atoms with E-state index in [0.717, 1.165) is 11.8 Å². The molecule has 2 bridgehead atoms. The number of nitrogens with one attached hydrogen (secondary N) is 1. The van der Waals surface area contributed by atoms with Gasteiger partial charge in [0.15, 0.2) is 31.5 Å². The molecule has 2 aromatic carbocycles. The lowest BCUT2D eigenvalue weighted by Crippen LogP contribution is -2.83. The first-order valence-electron chi connectivity index (χ1n) is 25.5. The predicted molar refractivity (Wildman–Crippen MR) is 260 cm³/mol. The van der Waals surface area contributed by atoms with Gasteiger partial charge in [-0.3, -0.25) is 5.32 Å². The summed E-state index contributed by atoms with van der Waals surface area (Å²) in [7, 11) is 0. The number of fused-ring (bicyclic) bond motifs is 6. The Morgan fingerprint density at radius 3 is 1.97 bits per heavy atom. The summed E-state index contributed by atoms with van der Waals surface area (Å²) in [5, 5.41) is 133. The smallest absolute Gasteiger partial charge is 0.214 e. The van der Waals surface area contributed by atoms with Gasteiger partial charge in [0.25, 0.3) is 0 Å². The van der Waals surface area contributed by atoms with Crippen molar-refractivity contribution in [3.63, 3.8) is 0 Å². The molecule has 3 saturated heterocycles. The maximum atomic E-state index is 14.0. The standard InChI is InChI=1S/C52H79NO19S/c1-25-29(68-45(61)35(33(27-16-11-9-12-17-27)53-47(63)72-48(3,4)5)69-46(62)39-37-36(38(73-39)43(58)59)65-20-15-21-66-37)23-52(64)42(70-44(60)28-18-13-10-14-19-28)40-50(8,41(57)34(56)32(25)49(52,6)7)30(55)22-31-51(40,24-67-31)71-26(2)54/h9-14,16-19,25-26,29-47,53-64H,15,20-24H2,1-8H3/t25?,26-,29-,30-,31+,32-,33-,34+,35+,36-,37?,38?,39-,40-,41+,42-,44+,45-,46+,47+,50+,51-,52+/m0/s1. The highest BCUT2D eigenvalue weighted by molar-refractivity contribution is 8.01. The molecule has 73 heavy (non-hydrogen) atoms. The van der Waals surface area contributed by atoms with Crippen LogP contribution in [0, 0.1) is 28.6 Å². The quantitative estimate of drug-likeness (QED) is 0.0980. The fraction of sp³-hybridized carbons (Fsp3) is 0.769. The van der Waals surface area contributed by atoms with Gasteiger partial charge in [0.05, 0.1) is 71.0 Å². The molecular weight excluding hydrogens is 975 g/mol. The van der Waals surface area contributed by atoms with E-state index in [2.05, 4.69) is 5.32 Å². The fourth-order valence-corrected chi connectivity index (χ4v) is 14.7. The molecule has 6 fully saturated rings. The lowest BCUT2D eigenvalue weighted by atomic mass is 9.42. The second-order valence-electron chi connectivity index (χ2n) is 22.8. The first-order chi connectivity index (χ1) is 34.3. The number of aliphatic hydroxyl groups excluding tert-OH is 9. The van der Waals surface area contributed by atoms with Gasteiger partial charge >= 0.3 is 0 Å². The van der Waals surface area contributed by atoms with Gasteiger partial charge in [0.2, 0.25) is 6.41 Å². The Bertz CT molecular complexity index is 2110. The Morgan fingerprint density at radius 2 is 1.41 bits per heavy atom. The van der Waals surface area contributed by atoms with Crippen molar-refractivity contribution in [3.05, 3.63) is 71.8 Å². The molecule has 3 unspecified atom stereocenters. The zero-order valence-electron chi connectivity index (χ0n) is 42.7. The molecule has 0 aromatic heterocycles. The van der Waals surface area contributed by atoms with Crippen LogP contribution in [0.25, 0.3) is 0 Å². The third-order valence-corrected chi connectivity index (χ3v) is 18.5. The minimum Gasteiger partial charge on any atom is -0.392 e. The number of thioether (sulfide) groups is 1. The van der Waals surface area contributed by atoms with E-state index < -0.39 is 155 Å². The minimum absolute atomic E-state index is 0.0715. The van der Waals surface area contributed by atoms with Crippen molar-refractivity contribution in [1.29, 1.82) is 0 Å². The fourth-order valence-electron chi connectivity index (χ4n) is 13.2. The molecule has 21 heteroatoms. The van der Waals surface area contributed by atoms with Crippen LogP contribution in [0.15, 0.2) is 60.7 Å². The van der Waals surface area contributed by atoms with E-state index >= 15 is 0 Å². The number of hydrogen-bond acceptors (Lipinski definition) is 21. The van der Waals surface area contributed by atoms with Gasteiger partial charge in [0.1, 0.15) is 23.9 Å². The normalized spacial score (nSPS) is 41.3. The molecule has 3 heterocycles. The second-order valence-corrected chi connectivity index (χ2v) is 24.1. The second kappa shape index (κ2) is 22.0. The summed E-state index contributed by atoms with van der Waals surface area (Å²) in [6.07, 6.45) is -22.6. The van der Waals surface area contributed by atoms with E-state index in [-0.39, 0.29) is 32.7 Å². The molecule has 412 valence electrons. The summed E-state index contributed by atoms with van der Waals surface area (Å²) in [5.74, 6) is -3.27. The highest BCUT2D eigenvalue weighted by Gasteiger charge is 2.78. The van der Waals surface area contributed by atoms with Gasteiger partial charge in [-0.1, -0.05) is 88.4 Å². The summed E-state index contributed by atoms with van der Waals surface area (Å²) in [6.45, 7) is 13.6. The molecule has 3 aliphatic heterocycles. The Kier molecular flexibility index (Phi) is 17.2. The van der Waals surface area contributed by atoms with Crippen LogP contribution in [0.1, 0.15) is 98.1 Å². The number of hydrogen-bond donors (Lipinski definition) is 12. The molecule has 12 N–H and O–H groups in total. The first-order valence-corrected chi connectivity index (χ1v) is 26.4. The van der Waals surface area contributed by atoms with Crippen LogP contribution in [0.5, 0.6) is 0 Å². The van der Waals surface area contributed by atoms with Gasteiger partial charge in [-0.2, -0.15) is 0 Å². The lowest BCUT2D eigenvalue weighted by Gasteiger charge is -2.71. The molecular formula is C52H79NO19S. The maximum absolute atomic E-state index is 14.0.